The van der Waals surface area contributed by atoms with Crippen LogP contribution in [-0.2, 0) is 11.2 Å². The van der Waals surface area contributed by atoms with Gasteiger partial charge in [-0.1, -0.05) is 6.92 Å². The van der Waals surface area contributed by atoms with Crippen LogP contribution in [0.15, 0.2) is 12.3 Å². The summed E-state index contributed by atoms with van der Waals surface area (Å²) in [6.45, 7) is 7.32. The largest absolute Gasteiger partial charge is 0.378 e. The van der Waals surface area contributed by atoms with Gasteiger partial charge in [0.1, 0.15) is 0 Å². The van der Waals surface area contributed by atoms with Crippen LogP contribution in [0.4, 0.5) is 0 Å². The van der Waals surface area contributed by atoms with Gasteiger partial charge in [0.2, 0.25) is 0 Å². The van der Waals surface area contributed by atoms with Gasteiger partial charge in [-0.05, 0) is 32.8 Å². The predicted molar refractivity (Wildman–Crippen MR) is 75.6 cm³/mol. The van der Waals surface area contributed by atoms with Gasteiger partial charge in [0, 0.05) is 37.2 Å². The number of nitrogens with zero attached hydrogens (tertiary/aromatic N) is 2. The van der Waals surface area contributed by atoms with E-state index in [0.717, 1.165) is 31.6 Å². The number of hydrazine groups is 1. The van der Waals surface area contributed by atoms with Gasteiger partial charge < -0.3 is 4.74 Å². The minimum atomic E-state index is 0.234. The van der Waals surface area contributed by atoms with E-state index in [1.165, 1.54) is 0 Å². The van der Waals surface area contributed by atoms with Gasteiger partial charge in [-0.25, -0.2) is 0 Å². The van der Waals surface area contributed by atoms with Crippen molar-refractivity contribution in [2.75, 3.05) is 6.61 Å². The van der Waals surface area contributed by atoms with E-state index < -0.39 is 0 Å². The Bertz CT molecular complexity index is 393. The van der Waals surface area contributed by atoms with E-state index >= 15 is 0 Å². The molecule has 1 aliphatic rings. The third kappa shape index (κ3) is 3.35. The van der Waals surface area contributed by atoms with Gasteiger partial charge in [0.15, 0.2) is 0 Å². The minimum Gasteiger partial charge on any atom is -0.378 e. The highest BCUT2D eigenvalue weighted by Gasteiger charge is 2.31. The van der Waals surface area contributed by atoms with Crippen LogP contribution in [0.3, 0.4) is 0 Å². The lowest BCUT2D eigenvalue weighted by Gasteiger charge is -2.24. The third-order valence-corrected chi connectivity index (χ3v) is 4.30. The van der Waals surface area contributed by atoms with Crippen molar-refractivity contribution in [3.63, 3.8) is 0 Å². The van der Waals surface area contributed by atoms with Crippen LogP contribution in [0, 0.1) is 5.92 Å². The molecule has 4 atom stereocenters. The van der Waals surface area contributed by atoms with Gasteiger partial charge in [-0.3, -0.25) is 16.0 Å². The van der Waals surface area contributed by atoms with Crippen molar-refractivity contribution in [3.8, 4) is 0 Å². The summed E-state index contributed by atoms with van der Waals surface area (Å²) < 4.78 is 7.66. The fraction of sp³-hybridized carbons (Fsp3) is 0.786. The van der Waals surface area contributed by atoms with Crippen LogP contribution in [-0.4, -0.2) is 28.5 Å². The summed E-state index contributed by atoms with van der Waals surface area (Å²) in [4.78, 5) is 0. The molecule has 5 nitrogen and oxygen atoms in total. The van der Waals surface area contributed by atoms with E-state index in [1.807, 2.05) is 4.68 Å². The van der Waals surface area contributed by atoms with E-state index in [-0.39, 0.29) is 12.1 Å². The number of rotatable bonds is 6. The summed E-state index contributed by atoms with van der Waals surface area (Å²) in [5.74, 6) is 6.19. The molecule has 1 aromatic rings. The molecule has 0 radical (unpaired) electrons. The van der Waals surface area contributed by atoms with Gasteiger partial charge in [0.25, 0.3) is 0 Å². The van der Waals surface area contributed by atoms with Crippen LogP contribution < -0.4 is 11.3 Å². The van der Waals surface area contributed by atoms with Crippen LogP contribution >= 0.6 is 0 Å². The Labute approximate surface area is 115 Å². The Morgan fingerprint density at radius 3 is 3.00 bits per heavy atom. The van der Waals surface area contributed by atoms with E-state index in [1.54, 1.807) is 0 Å². The molecule has 0 aliphatic carbocycles. The normalized spacial score (nSPS) is 26.5. The number of nitrogens with two attached hydrogens (primary N) is 1. The Hall–Kier alpha value is -0.910. The SMILES string of the molecule is CCC(C)n1ccc(CC(NN)C2CCOC2C)n1. The van der Waals surface area contributed by atoms with Crippen LogP contribution in [0.25, 0.3) is 0 Å². The predicted octanol–water partition coefficient (Wildman–Crippen LogP) is 1.65. The lowest BCUT2D eigenvalue weighted by molar-refractivity contribution is 0.0952. The van der Waals surface area contributed by atoms with Crippen molar-refractivity contribution in [1.29, 1.82) is 0 Å². The summed E-state index contributed by atoms with van der Waals surface area (Å²) in [7, 11) is 0. The molecule has 5 heteroatoms. The van der Waals surface area contributed by atoms with E-state index in [2.05, 4.69) is 43.6 Å². The Kier molecular flexibility index (Phi) is 4.96. The smallest absolute Gasteiger partial charge is 0.0640 e. The second-order valence-corrected chi connectivity index (χ2v) is 5.55. The zero-order chi connectivity index (χ0) is 13.8. The van der Waals surface area contributed by atoms with Gasteiger partial charge in [0.05, 0.1) is 11.8 Å². The van der Waals surface area contributed by atoms with Crippen molar-refractivity contribution < 1.29 is 4.74 Å². The quantitative estimate of drug-likeness (QED) is 0.607. The molecule has 108 valence electrons. The fourth-order valence-corrected chi connectivity index (χ4v) is 2.75. The van der Waals surface area contributed by atoms with Crippen molar-refractivity contribution in [3.05, 3.63) is 18.0 Å². The summed E-state index contributed by atoms with van der Waals surface area (Å²) in [6.07, 6.45) is 5.36. The third-order valence-electron chi connectivity index (χ3n) is 4.30. The van der Waals surface area contributed by atoms with Crippen molar-refractivity contribution >= 4 is 0 Å². The van der Waals surface area contributed by atoms with E-state index in [9.17, 15) is 0 Å². The second-order valence-electron chi connectivity index (χ2n) is 5.55. The number of hydrogen-bond donors (Lipinski definition) is 2. The first-order chi connectivity index (χ1) is 9.15. The second kappa shape index (κ2) is 6.50. The number of nitrogens with one attached hydrogen (secondary N) is 1. The first kappa shape index (κ1) is 14.5. The lowest BCUT2D eigenvalue weighted by Crippen LogP contribution is -2.44. The highest BCUT2D eigenvalue weighted by molar-refractivity contribution is 5.03. The molecule has 2 rings (SSSR count). The van der Waals surface area contributed by atoms with Gasteiger partial charge in [-0.15, -0.1) is 0 Å². The van der Waals surface area contributed by atoms with Crippen LogP contribution in [0.5, 0.6) is 0 Å². The van der Waals surface area contributed by atoms with E-state index in [0.29, 0.717) is 12.0 Å². The molecule has 4 unspecified atom stereocenters. The molecule has 1 aromatic heterocycles. The Morgan fingerprint density at radius 2 is 2.42 bits per heavy atom. The molecular formula is C14H26N4O. The van der Waals surface area contributed by atoms with Gasteiger partial charge in [-0.2, -0.15) is 5.10 Å². The Balaban J connectivity index is 2.00. The monoisotopic (exact) mass is 266 g/mol. The maximum atomic E-state index is 5.72. The van der Waals surface area contributed by atoms with Crippen LogP contribution in [0.2, 0.25) is 0 Å². The Morgan fingerprint density at radius 1 is 1.63 bits per heavy atom. The molecule has 0 saturated carbocycles. The molecule has 1 aliphatic heterocycles. The van der Waals surface area contributed by atoms with Crippen LogP contribution in [0.1, 0.15) is 45.3 Å². The van der Waals surface area contributed by atoms with Crippen molar-refractivity contribution in [1.82, 2.24) is 15.2 Å². The maximum absolute atomic E-state index is 5.72. The van der Waals surface area contributed by atoms with Crippen molar-refractivity contribution in [2.45, 2.75) is 58.2 Å². The highest BCUT2D eigenvalue weighted by atomic mass is 16.5. The molecule has 1 fully saturated rings. The summed E-state index contributed by atoms with van der Waals surface area (Å²) in [6, 6.07) is 2.78. The number of aromatic nitrogens is 2. The van der Waals surface area contributed by atoms with E-state index in [4.69, 9.17) is 10.6 Å². The average molecular weight is 266 g/mol. The number of hydrogen-bond acceptors (Lipinski definition) is 4. The molecule has 0 amide bonds. The maximum Gasteiger partial charge on any atom is 0.0640 e. The zero-order valence-corrected chi connectivity index (χ0v) is 12.2. The summed E-state index contributed by atoms with van der Waals surface area (Å²) in [5.41, 5.74) is 4.05. The molecule has 0 aromatic carbocycles. The van der Waals surface area contributed by atoms with Crippen molar-refractivity contribution in [2.24, 2.45) is 11.8 Å². The molecule has 19 heavy (non-hydrogen) atoms. The molecule has 1 saturated heterocycles. The summed E-state index contributed by atoms with van der Waals surface area (Å²) >= 11 is 0. The van der Waals surface area contributed by atoms with Gasteiger partial charge >= 0.3 is 0 Å². The zero-order valence-electron chi connectivity index (χ0n) is 12.2. The topological polar surface area (TPSA) is 65.1 Å². The first-order valence-electron chi connectivity index (χ1n) is 7.27. The summed E-state index contributed by atoms with van der Waals surface area (Å²) in [5, 5.41) is 4.65. The molecule has 0 bridgehead atoms. The molecule has 3 N–H and O–H groups in total. The fourth-order valence-electron chi connectivity index (χ4n) is 2.75. The first-order valence-corrected chi connectivity index (χ1v) is 7.27. The molecular weight excluding hydrogens is 240 g/mol. The molecule has 0 spiro atoms. The highest BCUT2D eigenvalue weighted by Crippen LogP contribution is 2.25. The number of ether oxygens (including phenoxy) is 1. The average Bonchev–Trinajstić information content (AvgIpc) is 3.04. The molecule has 2 heterocycles. The lowest BCUT2D eigenvalue weighted by atomic mass is 9.91. The standard InChI is InChI=1S/C14H26N4O/c1-4-10(2)18-7-5-12(17-18)9-14(16-15)13-6-8-19-11(13)3/h5,7,10-11,13-14,16H,4,6,8-9,15H2,1-3H3. The minimum absolute atomic E-state index is 0.234.